The second-order valence-corrected chi connectivity index (χ2v) is 6.70. The molecule has 2 aliphatic rings. The molecule has 3 aromatic rings. The molecule has 2 aromatic carbocycles. The summed E-state index contributed by atoms with van der Waals surface area (Å²) in [6.07, 6.45) is 0.668. The maximum absolute atomic E-state index is 11.2. The van der Waals surface area contributed by atoms with Gasteiger partial charge in [-0.2, -0.15) is 22.4 Å². The summed E-state index contributed by atoms with van der Waals surface area (Å²) in [7, 11) is 0. The van der Waals surface area contributed by atoms with Crippen LogP contribution in [-0.4, -0.2) is 11.3 Å². The Bertz CT molecular complexity index is 972. The zero-order chi connectivity index (χ0) is 18.4. The highest BCUT2D eigenvalue weighted by Gasteiger charge is 2.24. The minimum absolute atomic E-state index is 0.216. The van der Waals surface area contributed by atoms with Crippen molar-refractivity contribution in [2.45, 2.75) is 18.5 Å². The summed E-state index contributed by atoms with van der Waals surface area (Å²) in [5, 5.41) is -0.763. The molecule has 8 heteroatoms. The van der Waals surface area contributed by atoms with E-state index in [1.807, 2.05) is 36.4 Å². The maximum Gasteiger partial charge on any atom is 0.215 e. The number of oxazole rings is 1. The lowest BCUT2D eigenvalue weighted by molar-refractivity contribution is -0.194. The van der Waals surface area contributed by atoms with Gasteiger partial charge < -0.3 is 19.0 Å². The number of aldehydes is 1. The topological polar surface area (TPSA) is 80.0 Å². The Kier molecular flexibility index (Phi) is 3.89. The Morgan fingerprint density at radius 3 is 2.26 bits per heavy atom. The summed E-state index contributed by atoms with van der Waals surface area (Å²) >= 11 is 4.22. The van der Waals surface area contributed by atoms with E-state index >= 15 is 0 Å². The van der Waals surface area contributed by atoms with Crippen LogP contribution in [0.4, 0.5) is 0 Å². The number of hydrogen-bond donors (Lipinski definition) is 1. The van der Waals surface area contributed by atoms with Crippen molar-refractivity contribution in [3.05, 3.63) is 53.4 Å². The van der Waals surface area contributed by atoms with Gasteiger partial charge in [0.15, 0.2) is 17.3 Å². The van der Waals surface area contributed by atoms with Gasteiger partial charge in [-0.1, -0.05) is 24.3 Å². The third kappa shape index (κ3) is 2.78. The Balaban J connectivity index is 1.66. The van der Waals surface area contributed by atoms with Gasteiger partial charge in [0, 0.05) is 22.3 Å². The van der Waals surface area contributed by atoms with Crippen LogP contribution in [0.25, 0.3) is 22.6 Å². The van der Waals surface area contributed by atoms with Gasteiger partial charge in [0.2, 0.25) is 5.89 Å². The van der Waals surface area contributed by atoms with E-state index in [2.05, 4.69) is 17.6 Å². The van der Waals surface area contributed by atoms with Crippen LogP contribution in [0.5, 0.6) is 11.5 Å². The number of carbonyl (C=O) groups excluding carboxylic acids is 1. The summed E-state index contributed by atoms with van der Waals surface area (Å²) < 4.78 is 5.90. The summed E-state index contributed by atoms with van der Waals surface area (Å²) in [6, 6.07) is 11.3. The number of aromatic nitrogens is 1. The lowest BCUT2D eigenvalue weighted by Crippen LogP contribution is -1.91. The molecule has 1 unspecified atom stereocenters. The smallest absolute Gasteiger partial charge is 0.215 e. The maximum atomic E-state index is 11.2. The van der Waals surface area contributed by atoms with Crippen molar-refractivity contribution in [1.82, 2.24) is 4.98 Å². The quantitative estimate of drug-likeness (QED) is 0.417. The number of fused-ring (bicyclic) bond motifs is 2. The van der Waals surface area contributed by atoms with Crippen molar-refractivity contribution in [3.63, 3.8) is 0 Å². The molecule has 0 radical (unpaired) electrons. The Morgan fingerprint density at radius 2 is 1.59 bits per heavy atom. The number of thiol groups is 1. The standard InChI is InChI=1S/C19H13NO6S/c21-7-16(27)19-20-17(10-1-3-12-8-22-25-14(12)5-10)18(24-19)11-2-4-13-9-23-26-15(13)6-11/h1-7,16,27H,8-9H2. The third-order valence-corrected chi connectivity index (χ3v) is 4.76. The number of nitrogens with zero attached hydrogens (tertiary/aromatic N) is 1. The zero-order valence-corrected chi connectivity index (χ0v) is 14.8. The fraction of sp³-hybridized carbons (Fsp3) is 0.158. The Hall–Kier alpha value is -2.81. The second-order valence-electron chi connectivity index (χ2n) is 6.15. The molecule has 0 spiro atoms. The van der Waals surface area contributed by atoms with Crippen LogP contribution in [-0.2, 0) is 27.8 Å². The molecule has 0 saturated carbocycles. The largest absolute Gasteiger partial charge is 0.438 e. The van der Waals surface area contributed by atoms with E-state index in [1.54, 1.807) is 0 Å². The van der Waals surface area contributed by atoms with Crippen molar-refractivity contribution in [2.75, 3.05) is 0 Å². The highest BCUT2D eigenvalue weighted by atomic mass is 32.1. The van der Waals surface area contributed by atoms with E-state index < -0.39 is 5.25 Å². The van der Waals surface area contributed by atoms with Gasteiger partial charge in [-0.05, 0) is 12.1 Å². The molecular formula is C19H13NO6S. The highest BCUT2D eigenvalue weighted by molar-refractivity contribution is 7.81. The molecule has 0 saturated heterocycles. The number of carbonyl (C=O) groups is 1. The second kappa shape index (κ2) is 6.41. The summed E-state index contributed by atoms with van der Waals surface area (Å²) in [6.45, 7) is 0.800. The first-order valence-corrected chi connectivity index (χ1v) is 8.74. The lowest BCUT2D eigenvalue weighted by Gasteiger charge is -2.04. The average molecular weight is 383 g/mol. The molecule has 1 aromatic heterocycles. The van der Waals surface area contributed by atoms with Gasteiger partial charge in [0.05, 0.1) is 0 Å². The first-order valence-electron chi connectivity index (χ1n) is 8.22. The van der Waals surface area contributed by atoms with Gasteiger partial charge in [-0.15, -0.1) is 0 Å². The average Bonchev–Trinajstić information content (AvgIpc) is 3.44. The SMILES string of the molecule is O=CC(S)c1nc(-c2ccc3c(c2)OOC3)c(-c2ccc3c(c2)OOC3)o1. The Morgan fingerprint density at radius 1 is 0.963 bits per heavy atom. The molecular weight excluding hydrogens is 370 g/mol. The summed E-state index contributed by atoms with van der Waals surface area (Å²) in [4.78, 5) is 36.0. The van der Waals surface area contributed by atoms with Gasteiger partial charge >= 0.3 is 0 Å². The molecule has 27 heavy (non-hydrogen) atoms. The first-order chi connectivity index (χ1) is 13.2. The molecule has 0 bridgehead atoms. The lowest BCUT2D eigenvalue weighted by atomic mass is 10.0. The third-order valence-electron chi connectivity index (χ3n) is 4.42. The molecule has 0 amide bonds. The number of rotatable bonds is 4. The predicted octanol–water partition coefficient (Wildman–Crippen LogP) is 3.83. The molecule has 0 fully saturated rings. The summed E-state index contributed by atoms with van der Waals surface area (Å²) in [5.41, 5.74) is 3.99. The minimum atomic E-state index is -0.763. The normalized spacial score (nSPS) is 15.6. The molecule has 1 atom stereocenters. The van der Waals surface area contributed by atoms with E-state index in [4.69, 9.17) is 24.0 Å². The van der Waals surface area contributed by atoms with Gasteiger partial charge in [-0.3, -0.25) is 0 Å². The van der Waals surface area contributed by atoms with Crippen LogP contribution >= 0.6 is 12.6 Å². The van der Waals surface area contributed by atoms with E-state index in [0.717, 1.165) is 22.3 Å². The van der Waals surface area contributed by atoms with E-state index in [9.17, 15) is 4.79 Å². The molecule has 3 heterocycles. The van der Waals surface area contributed by atoms with Gasteiger partial charge in [0.1, 0.15) is 30.4 Å². The van der Waals surface area contributed by atoms with Crippen molar-refractivity contribution >= 4 is 18.9 Å². The fourth-order valence-electron chi connectivity index (χ4n) is 3.02. The van der Waals surface area contributed by atoms with E-state index in [-0.39, 0.29) is 5.89 Å². The molecule has 0 aliphatic carbocycles. The van der Waals surface area contributed by atoms with Crippen LogP contribution in [0.15, 0.2) is 40.8 Å². The van der Waals surface area contributed by atoms with Crippen LogP contribution in [0.1, 0.15) is 22.3 Å². The van der Waals surface area contributed by atoms with E-state index in [0.29, 0.717) is 42.5 Å². The van der Waals surface area contributed by atoms with Crippen LogP contribution in [0.3, 0.4) is 0 Å². The van der Waals surface area contributed by atoms with Gasteiger partial charge in [-0.25, -0.2) is 4.98 Å². The molecule has 2 aliphatic heterocycles. The van der Waals surface area contributed by atoms with E-state index in [1.165, 1.54) is 0 Å². The molecule has 7 nitrogen and oxygen atoms in total. The zero-order valence-electron chi connectivity index (χ0n) is 13.9. The fourth-order valence-corrected chi connectivity index (χ4v) is 3.13. The predicted molar refractivity (Wildman–Crippen MR) is 96.0 cm³/mol. The van der Waals surface area contributed by atoms with Crippen molar-refractivity contribution in [2.24, 2.45) is 0 Å². The molecule has 136 valence electrons. The summed E-state index contributed by atoms with van der Waals surface area (Å²) in [5.74, 6) is 1.98. The number of benzene rings is 2. The molecule has 5 rings (SSSR count). The minimum Gasteiger partial charge on any atom is -0.438 e. The van der Waals surface area contributed by atoms with Crippen molar-refractivity contribution < 1.29 is 28.8 Å². The van der Waals surface area contributed by atoms with Crippen molar-refractivity contribution in [1.29, 1.82) is 0 Å². The van der Waals surface area contributed by atoms with Crippen molar-refractivity contribution in [3.8, 4) is 34.1 Å². The first kappa shape index (κ1) is 16.4. The van der Waals surface area contributed by atoms with Gasteiger partial charge in [0.25, 0.3) is 0 Å². The monoisotopic (exact) mass is 383 g/mol. The highest BCUT2D eigenvalue weighted by Crippen LogP contribution is 2.40. The van der Waals surface area contributed by atoms with Crippen LogP contribution < -0.4 is 9.78 Å². The van der Waals surface area contributed by atoms with Crippen LogP contribution in [0.2, 0.25) is 0 Å². The number of hydrogen-bond acceptors (Lipinski definition) is 8. The Labute approximate surface area is 159 Å². The molecule has 0 N–H and O–H groups in total. The van der Waals surface area contributed by atoms with Crippen LogP contribution in [0, 0.1) is 0 Å².